The summed E-state index contributed by atoms with van der Waals surface area (Å²) in [5.74, 6) is -0.901. The molecule has 29 heavy (non-hydrogen) atoms. The highest BCUT2D eigenvalue weighted by Gasteiger charge is 2.40. The van der Waals surface area contributed by atoms with Crippen LogP contribution in [-0.2, 0) is 6.42 Å². The molecule has 6 heteroatoms. The van der Waals surface area contributed by atoms with Crippen LogP contribution >= 0.6 is 0 Å². The molecule has 0 unspecified atom stereocenters. The lowest BCUT2D eigenvalue weighted by molar-refractivity contribution is 0.0549. The lowest BCUT2D eigenvalue weighted by atomic mass is 9.94. The Balaban J connectivity index is 1.52. The average Bonchev–Trinajstić information content (AvgIpc) is 3.00. The van der Waals surface area contributed by atoms with Gasteiger partial charge in [-0.2, -0.15) is 5.26 Å². The van der Waals surface area contributed by atoms with Crippen molar-refractivity contribution in [3.05, 3.63) is 64.7 Å². The van der Waals surface area contributed by atoms with Gasteiger partial charge in [0.25, 0.3) is 17.7 Å². The maximum atomic E-state index is 12.9. The van der Waals surface area contributed by atoms with Gasteiger partial charge in [-0.3, -0.25) is 19.3 Å². The molecule has 2 aromatic rings. The van der Waals surface area contributed by atoms with Gasteiger partial charge >= 0.3 is 0 Å². The molecule has 0 aromatic heterocycles. The van der Waals surface area contributed by atoms with E-state index in [9.17, 15) is 14.4 Å². The molecule has 1 heterocycles. The lowest BCUT2D eigenvalue weighted by Crippen LogP contribution is -2.40. The van der Waals surface area contributed by atoms with E-state index < -0.39 is 0 Å². The Bertz CT molecular complexity index is 1010. The maximum Gasteiger partial charge on any atom is 0.261 e. The number of amides is 3. The van der Waals surface area contributed by atoms with Crippen molar-refractivity contribution >= 4 is 23.4 Å². The molecule has 1 aliphatic carbocycles. The molecule has 1 saturated carbocycles. The van der Waals surface area contributed by atoms with Crippen LogP contribution in [0.4, 0.5) is 5.69 Å². The van der Waals surface area contributed by atoms with Gasteiger partial charge in [0, 0.05) is 17.3 Å². The molecule has 2 aliphatic rings. The van der Waals surface area contributed by atoms with Crippen LogP contribution in [-0.4, -0.2) is 28.7 Å². The van der Waals surface area contributed by atoms with Crippen LogP contribution in [0.25, 0.3) is 0 Å². The Morgan fingerprint density at radius 1 is 1.00 bits per heavy atom. The van der Waals surface area contributed by atoms with Crippen LogP contribution < -0.4 is 5.32 Å². The molecule has 0 radical (unpaired) electrons. The van der Waals surface area contributed by atoms with Crippen molar-refractivity contribution in [3.63, 3.8) is 0 Å². The zero-order chi connectivity index (χ0) is 20.4. The van der Waals surface area contributed by atoms with Gasteiger partial charge in [0.05, 0.1) is 23.6 Å². The number of carbonyl (C=O) groups excluding carboxylic acids is 3. The van der Waals surface area contributed by atoms with Gasteiger partial charge in [-0.05, 0) is 48.7 Å². The minimum atomic E-state index is -0.350. The molecule has 146 valence electrons. The Morgan fingerprint density at radius 3 is 2.38 bits per heavy atom. The third-order valence-electron chi connectivity index (χ3n) is 5.62. The van der Waals surface area contributed by atoms with E-state index >= 15 is 0 Å². The monoisotopic (exact) mass is 387 g/mol. The molecule has 6 nitrogen and oxygen atoms in total. The van der Waals surface area contributed by atoms with E-state index in [0.717, 1.165) is 37.7 Å². The summed E-state index contributed by atoms with van der Waals surface area (Å²) in [5, 5.41) is 11.5. The molecule has 0 saturated heterocycles. The first kappa shape index (κ1) is 18.9. The zero-order valence-corrected chi connectivity index (χ0v) is 16.0. The predicted octanol–water partition coefficient (Wildman–Crippen LogP) is 3.93. The SMILES string of the molecule is N#CCc1ccc(NC(=O)c2ccc3c(c2)C(=O)N(C2CCCCC2)C3=O)cc1. The first-order valence-electron chi connectivity index (χ1n) is 9.87. The summed E-state index contributed by atoms with van der Waals surface area (Å²) in [4.78, 5) is 39.6. The minimum absolute atomic E-state index is 0.0413. The van der Waals surface area contributed by atoms with E-state index in [0.29, 0.717) is 28.8 Å². The summed E-state index contributed by atoms with van der Waals surface area (Å²) in [5.41, 5.74) is 2.48. The maximum absolute atomic E-state index is 12.9. The van der Waals surface area contributed by atoms with Crippen molar-refractivity contribution in [1.82, 2.24) is 4.90 Å². The number of hydrogen-bond donors (Lipinski definition) is 1. The van der Waals surface area contributed by atoms with Gasteiger partial charge in [0.15, 0.2) is 0 Å². The van der Waals surface area contributed by atoms with Gasteiger partial charge in [-0.1, -0.05) is 31.4 Å². The van der Waals surface area contributed by atoms with Crippen LogP contribution in [0, 0.1) is 11.3 Å². The van der Waals surface area contributed by atoms with Gasteiger partial charge in [0.1, 0.15) is 0 Å². The summed E-state index contributed by atoms with van der Waals surface area (Å²) in [7, 11) is 0. The minimum Gasteiger partial charge on any atom is -0.322 e. The Hall–Kier alpha value is -3.46. The van der Waals surface area contributed by atoms with Crippen molar-refractivity contribution in [2.45, 2.75) is 44.6 Å². The van der Waals surface area contributed by atoms with Crippen molar-refractivity contribution in [3.8, 4) is 6.07 Å². The molecule has 3 amide bonds. The van der Waals surface area contributed by atoms with Crippen LogP contribution in [0.3, 0.4) is 0 Å². The fourth-order valence-corrected chi connectivity index (χ4v) is 4.07. The number of fused-ring (bicyclic) bond motifs is 1. The number of carbonyl (C=O) groups is 3. The largest absolute Gasteiger partial charge is 0.322 e. The molecule has 1 fully saturated rings. The summed E-state index contributed by atoms with van der Waals surface area (Å²) in [6.45, 7) is 0. The van der Waals surface area contributed by atoms with Gasteiger partial charge in [0.2, 0.25) is 0 Å². The first-order chi connectivity index (χ1) is 14.1. The molecule has 1 N–H and O–H groups in total. The smallest absolute Gasteiger partial charge is 0.261 e. The van der Waals surface area contributed by atoms with E-state index in [4.69, 9.17) is 5.26 Å². The lowest BCUT2D eigenvalue weighted by Gasteiger charge is -2.29. The van der Waals surface area contributed by atoms with Crippen LogP contribution in [0.2, 0.25) is 0 Å². The molecule has 4 rings (SSSR count). The van der Waals surface area contributed by atoms with Crippen molar-refractivity contribution in [1.29, 1.82) is 5.26 Å². The Kier molecular flexibility index (Phi) is 5.13. The Morgan fingerprint density at radius 2 is 1.69 bits per heavy atom. The summed E-state index contributed by atoms with van der Waals surface area (Å²) >= 11 is 0. The topological polar surface area (TPSA) is 90.3 Å². The summed E-state index contributed by atoms with van der Waals surface area (Å²) < 4.78 is 0. The second-order valence-corrected chi connectivity index (χ2v) is 7.52. The number of nitrogens with one attached hydrogen (secondary N) is 1. The highest BCUT2D eigenvalue weighted by molar-refractivity contribution is 6.22. The normalized spacial score (nSPS) is 16.4. The van der Waals surface area contributed by atoms with Crippen LogP contribution in [0.1, 0.15) is 68.7 Å². The molecule has 1 aliphatic heterocycles. The molecule has 0 atom stereocenters. The van der Waals surface area contributed by atoms with Gasteiger partial charge in [-0.15, -0.1) is 0 Å². The number of nitriles is 1. The number of rotatable bonds is 4. The van der Waals surface area contributed by atoms with E-state index in [-0.39, 0.29) is 23.8 Å². The number of imide groups is 1. The standard InChI is InChI=1S/C23H21N3O3/c24-13-12-15-6-9-17(10-7-15)25-21(27)16-8-11-19-20(14-16)23(29)26(22(19)28)18-4-2-1-3-5-18/h6-11,14,18H,1-5,12H2,(H,25,27). The van der Waals surface area contributed by atoms with Crippen LogP contribution in [0.5, 0.6) is 0 Å². The first-order valence-corrected chi connectivity index (χ1v) is 9.87. The Labute approximate surface area is 169 Å². The average molecular weight is 387 g/mol. The number of benzene rings is 2. The fourth-order valence-electron chi connectivity index (χ4n) is 4.07. The number of hydrogen-bond acceptors (Lipinski definition) is 4. The molecular weight excluding hydrogens is 366 g/mol. The molecule has 0 bridgehead atoms. The zero-order valence-electron chi connectivity index (χ0n) is 16.0. The second-order valence-electron chi connectivity index (χ2n) is 7.52. The van der Waals surface area contributed by atoms with Crippen molar-refractivity contribution in [2.24, 2.45) is 0 Å². The molecular formula is C23H21N3O3. The quantitative estimate of drug-likeness (QED) is 0.805. The number of anilines is 1. The van der Waals surface area contributed by atoms with E-state index in [1.807, 2.05) is 0 Å². The van der Waals surface area contributed by atoms with Gasteiger partial charge in [-0.25, -0.2) is 0 Å². The second kappa shape index (κ2) is 7.88. The third-order valence-corrected chi connectivity index (χ3v) is 5.62. The summed E-state index contributed by atoms with van der Waals surface area (Å²) in [6, 6.07) is 13.7. The van der Waals surface area contributed by atoms with E-state index in [1.165, 1.54) is 11.0 Å². The molecule has 0 spiro atoms. The molecule has 2 aromatic carbocycles. The summed E-state index contributed by atoms with van der Waals surface area (Å²) in [6.07, 6.45) is 5.20. The highest BCUT2D eigenvalue weighted by Crippen LogP contribution is 2.31. The highest BCUT2D eigenvalue weighted by atomic mass is 16.2. The van der Waals surface area contributed by atoms with Gasteiger partial charge < -0.3 is 5.32 Å². The number of nitrogens with zero attached hydrogens (tertiary/aromatic N) is 2. The van der Waals surface area contributed by atoms with E-state index in [2.05, 4.69) is 11.4 Å². The third kappa shape index (κ3) is 3.64. The fraction of sp³-hybridized carbons (Fsp3) is 0.304. The van der Waals surface area contributed by atoms with Crippen molar-refractivity contribution < 1.29 is 14.4 Å². The van der Waals surface area contributed by atoms with Crippen LogP contribution in [0.15, 0.2) is 42.5 Å². The van der Waals surface area contributed by atoms with Crippen molar-refractivity contribution in [2.75, 3.05) is 5.32 Å². The van der Waals surface area contributed by atoms with E-state index in [1.54, 1.807) is 36.4 Å². The predicted molar refractivity (Wildman–Crippen MR) is 108 cm³/mol.